The molecule has 0 aliphatic heterocycles. The Morgan fingerprint density at radius 3 is 2.55 bits per heavy atom. The van der Waals surface area contributed by atoms with Gasteiger partial charge in [0.1, 0.15) is 0 Å². The molecule has 0 heterocycles. The third kappa shape index (κ3) is 2.21. The van der Waals surface area contributed by atoms with E-state index in [4.69, 9.17) is 17.3 Å². The molecular weight excluding hydrogens is 139 g/mol. The molecule has 1 aliphatic carbocycles. The molecule has 0 saturated heterocycles. The molecule has 0 aromatic heterocycles. The second kappa shape index (κ2) is 4.12. The van der Waals surface area contributed by atoms with Crippen LogP contribution in [0.1, 0.15) is 19.8 Å². The molecule has 3 heteroatoms. The molecule has 11 heavy (non-hydrogen) atoms. The van der Waals surface area contributed by atoms with E-state index in [1.54, 1.807) is 7.11 Å². The maximum absolute atomic E-state index is 5.76. The molecule has 1 saturated carbocycles. The molecule has 0 aromatic rings. The Labute approximate surface area is 69.7 Å². The van der Waals surface area contributed by atoms with Gasteiger partial charge in [0.2, 0.25) is 0 Å². The maximum atomic E-state index is 5.76. The summed E-state index contributed by atoms with van der Waals surface area (Å²) >= 11 is 0. The van der Waals surface area contributed by atoms with E-state index in [0.29, 0.717) is 0 Å². The minimum absolute atomic E-state index is 0.213. The Balaban J connectivity index is 2.37. The summed E-state index contributed by atoms with van der Waals surface area (Å²) in [6.07, 6.45) is 2.30. The second-order valence-corrected chi connectivity index (χ2v) is 3.00. The van der Waals surface area contributed by atoms with Crippen molar-refractivity contribution in [2.24, 2.45) is 0 Å². The van der Waals surface area contributed by atoms with E-state index in [-0.39, 0.29) is 18.0 Å². The summed E-state index contributed by atoms with van der Waals surface area (Å²) in [4.78, 5) is 0. The lowest BCUT2D eigenvalue weighted by atomic mass is 9.86. The second-order valence-electron chi connectivity index (χ2n) is 3.00. The van der Waals surface area contributed by atoms with E-state index in [0.717, 1.165) is 19.4 Å². The van der Waals surface area contributed by atoms with Gasteiger partial charge < -0.3 is 9.47 Å². The van der Waals surface area contributed by atoms with Gasteiger partial charge in [0, 0.05) is 13.7 Å². The van der Waals surface area contributed by atoms with Crippen molar-refractivity contribution in [1.82, 2.24) is 0 Å². The summed E-state index contributed by atoms with van der Waals surface area (Å²) in [7, 11) is 7.48. The average molecular weight is 154 g/mol. The predicted molar refractivity (Wildman–Crippen MR) is 44.9 cm³/mol. The van der Waals surface area contributed by atoms with E-state index in [9.17, 15) is 0 Å². The summed E-state index contributed by atoms with van der Waals surface area (Å²) in [6.45, 7) is 2.74. The van der Waals surface area contributed by atoms with Gasteiger partial charge in [-0.15, -0.1) is 0 Å². The maximum Gasteiger partial charge on any atom is 0.0831 e. The van der Waals surface area contributed by atoms with E-state index in [1.807, 2.05) is 6.92 Å². The van der Waals surface area contributed by atoms with Gasteiger partial charge in [-0.2, -0.15) is 0 Å². The monoisotopic (exact) mass is 154 g/mol. The zero-order chi connectivity index (χ0) is 8.27. The molecule has 0 bridgehead atoms. The Kier molecular flexibility index (Phi) is 3.40. The summed E-state index contributed by atoms with van der Waals surface area (Å²) in [5.74, 6) is 0.261. The summed E-state index contributed by atoms with van der Waals surface area (Å²) in [6, 6.07) is 0. The first kappa shape index (κ1) is 9.08. The number of rotatable bonds is 3. The minimum atomic E-state index is 0.213. The average Bonchev–Trinajstić information content (AvgIpc) is 2.32. The molecule has 0 amide bonds. The lowest BCUT2D eigenvalue weighted by molar-refractivity contribution is -0.0337. The normalized spacial score (nSPS) is 37.8. The lowest BCUT2D eigenvalue weighted by Crippen LogP contribution is -2.24. The Morgan fingerprint density at radius 1 is 1.36 bits per heavy atom. The van der Waals surface area contributed by atoms with Crippen molar-refractivity contribution >= 4 is 7.85 Å². The first-order valence-electron chi connectivity index (χ1n) is 4.18. The Hall–Kier alpha value is -0.0151. The lowest BCUT2D eigenvalue weighted by Gasteiger charge is -2.17. The van der Waals surface area contributed by atoms with E-state index < -0.39 is 0 Å². The Morgan fingerprint density at radius 2 is 2.00 bits per heavy atom. The summed E-state index contributed by atoms with van der Waals surface area (Å²) in [5, 5.41) is 0. The molecule has 2 radical (unpaired) electrons. The number of hydrogen-bond acceptors (Lipinski definition) is 2. The molecule has 1 rings (SSSR count). The largest absolute Gasteiger partial charge is 0.379 e. The number of ether oxygens (including phenoxy) is 2. The van der Waals surface area contributed by atoms with Gasteiger partial charge in [-0.1, -0.05) is 5.82 Å². The highest BCUT2D eigenvalue weighted by Crippen LogP contribution is 2.31. The first-order valence-corrected chi connectivity index (χ1v) is 4.18. The van der Waals surface area contributed by atoms with Crippen molar-refractivity contribution in [1.29, 1.82) is 0 Å². The van der Waals surface area contributed by atoms with Crippen LogP contribution in [0.2, 0.25) is 5.82 Å². The zero-order valence-electron chi connectivity index (χ0n) is 7.25. The van der Waals surface area contributed by atoms with Crippen LogP contribution in [0.25, 0.3) is 0 Å². The smallest absolute Gasteiger partial charge is 0.0831 e. The van der Waals surface area contributed by atoms with Crippen LogP contribution in [-0.2, 0) is 9.47 Å². The zero-order valence-corrected chi connectivity index (χ0v) is 7.25. The van der Waals surface area contributed by atoms with Crippen LogP contribution in [0.4, 0.5) is 0 Å². The summed E-state index contributed by atoms with van der Waals surface area (Å²) < 4.78 is 10.7. The highest BCUT2D eigenvalue weighted by atomic mass is 16.5. The third-order valence-electron chi connectivity index (χ3n) is 2.17. The molecule has 3 atom stereocenters. The molecule has 2 nitrogen and oxygen atoms in total. The van der Waals surface area contributed by atoms with Gasteiger partial charge in [-0.3, -0.25) is 0 Å². The summed E-state index contributed by atoms with van der Waals surface area (Å²) in [5.41, 5.74) is 0. The predicted octanol–water partition coefficient (Wildman–Crippen LogP) is 1.16. The van der Waals surface area contributed by atoms with Crippen LogP contribution in [0.5, 0.6) is 0 Å². The van der Waals surface area contributed by atoms with Crippen LogP contribution < -0.4 is 0 Å². The van der Waals surface area contributed by atoms with Crippen molar-refractivity contribution in [2.75, 3.05) is 13.7 Å². The van der Waals surface area contributed by atoms with Crippen LogP contribution in [0, 0.1) is 0 Å². The standard InChI is InChI=1S/C8H15BO2/c1-3-11-8-5-6(9)4-7(8)10-2/h6-8H,3-5H2,1-2H3. The first-order chi connectivity index (χ1) is 5.27. The molecule has 62 valence electrons. The van der Waals surface area contributed by atoms with Crippen LogP contribution in [-0.4, -0.2) is 33.8 Å². The molecule has 3 unspecified atom stereocenters. The minimum Gasteiger partial charge on any atom is -0.379 e. The van der Waals surface area contributed by atoms with Gasteiger partial charge in [-0.25, -0.2) is 0 Å². The Bertz CT molecular complexity index is 119. The fourth-order valence-corrected chi connectivity index (χ4v) is 1.63. The molecular formula is C8H15BO2. The highest BCUT2D eigenvalue weighted by Gasteiger charge is 2.31. The van der Waals surface area contributed by atoms with Crippen molar-refractivity contribution in [2.45, 2.75) is 37.8 Å². The van der Waals surface area contributed by atoms with Crippen LogP contribution >= 0.6 is 0 Å². The van der Waals surface area contributed by atoms with E-state index in [2.05, 4.69) is 0 Å². The molecule has 0 N–H and O–H groups in total. The van der Waals surface area contributed by atoms with Crippen molar-refractivity contribution in [3.8, 4) is 0 Å². The SMILES string of the molecule is [B]C1CC(OC)C(OCC)C1. The van der Waals surface area contributed by atoms with Crippen molar-refractivity contribution in [3.05, 3.63) is 0 Å². The third-order valence-corrected chi connectivity index (χ3v) is 2.17. The van der Waals surface area contributed by atoms with Crippen LogP contribution in [0.3, 0.4) is 0 Å². The van der Waals surface area contributed by atoms with Crippen molar-refractivity contribution < 1.29 is 9.47 Å². The van der Waals surface area contributed by atoms with Gasteiger partial charge >= 0.3 is 0 Å². The van der Waals surface area contributed by atoms with Gasteiger partial charge in [0.25, 0.3) is 0 Å². The van der Waals surface area contributed by atoms with E-state index in [1.165, 1.54) is 0 Å². The van der Waals surface area contributed by atoms with Crippen LogP contribution in [0.15, 0.2) is 0 Å². The van der Waals surface area contributed by atoms with E-state index >= 15 is 0 Å². The van der Waals surface area contributed by atoms with Gasteiger partial charge in [-0.05, 0) is 19.8 Å². The quantitative estimate of drug-likeness (QED) is 0.567. The molecule has 1 aliphatic rings. The van der Waals surface area contributed by atoms with Gasteiger partial charge in [0.05, 0.1) is 20.1 Å². The molecule has 0 aromatic carbocycles. The fraction of sp³-hybridized carbons (Fsp3) is 1.00. The van der Waals surface area contributed by atoms with Gasteiger partial charge in [0.15, 0.2) is 0 Å². The number of hydrogen-bond donors (Lipinski definition) is 0. The fourth-order valence-electron chi connectivity index (χ4n) is 1.63. The highest BCUT2D eigenvalue weighted by molar-refractivity contribution is 6.11. The van der Waals surface area contributed by atoms with Crippen molar-refractivity contribution in [3.63, 3.8) is 0 Å². The topological polar surface area (TPSA) is 18.5 Å². The molecule has 0 spiro atoms. The number of methoxy groups -OCH3 is 1. The molecule has 1 fully saturated rings.